The highest BCUT2D eigenvalue weighted by molar-refractivity contribution is 5.96. The van der Waals surface area contributed by atoms with E-state index in [0.717, 1.165) is 70.7 Å². The highest BCUT2D eigenvalue weighted by Gasteiger charge is 2.20. The van der Waals surface area contributed by atoms with E-state index in [-0.39, 0.29) is 5.91 Å². The van der Waals surface area contributed by atoms with Crippen LogP contribution in [-0.4, -0.2) is 28.9 Å². The van der Waals surface area contributed by atoms with Gasteiger partial charge in [0.25, 0.3) is 5.91 Å². The maximum absolute atomic E-state index is 12.6. The van der Waals surface area contributed by atoms with E-state index in [0.29, 0.717) is 5.56 Å². The number of pyridine rings is 1. The Morgan fingerprint density at radius 2 is 1.80 bits per heavy atom. The lowest BCUT2D eigenvalue weighted by molar-refractivity contribution is 0.0793. The van der Waals surface area contributed by atoms with E-state index in [1.807, 2.05) is 66.4 Å². The normalized spacial score (nSPS) is 13.8. The average molecular weight is 397 g/mol. The topological polar surface area (TPSA) is 72.4 Å². The summed E-state index contributed by atoms with van der Waals surface area (Å²) in [7, 11) is 0. The van der Waals surface area contributed by atoms with Crippen molar-refractivity contribution in [1.82, 2.24) is 9.88 Å². The maximum atomic E-state index is 12.6. The molecule has 1 aliphatic rings. The molecule has 1 amide bonds. The van der Waals surface area contributed by atoms with Crippen LogP contribution in [0.2, 0.25) is 0 Å². The third kappa shape index (κ3) is 3.12. The van der Waals surface area contributed by atoms with Crippen molar-refractivity contribution in [3.63, 3.8) is 0 Å². The summed E-state index contributed by atoms with van der Waals surface area (Å²) in [6, 6.07) is 17.4. The van der Waals surface area contributed by atoms with Gasteiger partial charge >= 0.3 is 0 Å². The molecule has 0 radical (unpaired) electrons. The van der Waals surface area contributed by atoms with Gasteiger partial charge in [0, 0.05) is 47.7 Å². The van der Waals surface area contributed by atoms with Gasteiger partial charge in [0.1, 0.15) is 11.3 Å². The average Bonchev–Trinajstić information content (AvgIpc) is 3.45. The molecular formula is C25H23N3O2. The van der Waals surface area contributed by atoms with Gasteiger partial charge in [-0.3, -0.25) is 9.78 Å². The minimum atomic E-state index is 0.102. The monoisotopic (exact) mass is 397 g/mol. The second kappa shape index (κ2) is 7.34. The Labute approximate surface area is 175 Å². The van der Waals surface area contributed by atoms with E-state index in [1.165, 1.54) is 0 Å². The van der Waals surface area contributed by atoms with E-state index in [4.69, 9.17) is 10.2 Å². The predicted octanol–water partition coefficient (Wildman–Crippen LogP) is 5.29. The van der Waals surface area contributed by atoms with Crippen LogP contribution in [0.1, 0.15) is 28.8 Å². The molecule has 2 aromatic carbocycles. The third-order valence-corrected chi connectivity index (χ3v) is 5.89. The van der Waals surface area contributed by atoms with Crippen LogP contribution in [0.15, 0.2) is 65.2 Å². The van der Waals surface area contributed by atoms with Crippen LogP contribution in [0.5, 0.6) is 0 Å². The Kier molecular flexibility index (Phi) is 4.51. The van der Waals surface area contributed by atoms with E-state index in [2.05, 4.69) is 4.98 Å². The molecule has 1 saturated heterocycles. The molecule has 2 N–H and O–H groups in total. The van der Waals surface area contributed by atoms with E-state index in [9.17, 15) is 4.79 Å². The number of anilines is 1. The number of nitrogen functional groups attached to an aromatic ring is 1. The van der Waals surface area contributed by atoms with E-state index < -0.39 is 0 Å². The van der Waals surface area contributed by atoms with Crippen molar-refractivity contribution in [2.24, 2.45) is 0 Å². The standard InChI is InChI=1S/C25H23N3O2/c1-16-19(5-4-6-21(16)26)20-11-12-27-22-15-23(30-24(20)22)17-7-9-18(10-8-17)25(29)28-13-2-3-14-28/h4-12,15H,2-3,13-14,26H2,1H3. The zero-order chi connectivity index (χ0) is 20.7. The van der Waals surface area contributed by atoms with Crippen molar-refractivity contribution < 1.29 is 9.21 Å². The maximum Gasteiger partial charge on any atom is 0.253 e. The first-order chi connectivity index (χ1) is 14.6. The minimum absolute atomic E-state index is 0.102. The Balaban J connectivity index is 1.51. The molecule has 2 aromatic heterocycles. The molecule has 0 spiro atoms. The number of amides is 1. The summed E-state index contributed by atoms with van der Waals surface area (Å²) < 4.78 is 6.24. The van der Waals surface area contributed by atoms with Crippen LogP contribution in [0.3, 0.4) is 0 Å². The molecule has 0 bridgehead atoms. The van der Waals surface area contributed by atoms with Gasteiger partial charge in [-0.05, 0) is 55.2 Å². The molecule has 150 valence electrons. The van der Waals surface area contributed by atoms with Gasteiger partial charge < -0.3 is 15.1 Å². The summed E-state index contributed by atoms with van der Waals surface area (Å²) in [5.41, 5.74) is 13.0. The minimum Gasteiger partial charge on any atom is -0.454 e. The predicted molar refractivity (Wildman–Crippen MR) is 119 cm³/mol. The molecule has 30 heavy (non-hydrogen) atoms. The summed E-state index contributed by atoms with van der Waals surface area (Å²) >= 11 is 0. The molecule has 1 aliphatic heterocycles. The SMILES string of the molecule is Cc1c(N)cccc1-c1ccnc2cc(-c3ccc(C(=O)N4CCCC4)cc3)oc12. The number of nitrogens with two attached hydrogens (primary N) is 1. The lowest BCUT2D eigenvalue weighted by atomic mass is 9.99. The summed E-state index contributed by atoms with van der Waals surface area (Å²) in [6.07, 6.45) is 3.97. The highest BCUT2D eigenvalue weighted by Crippen LogP contribution is 2.36. The van der Waals surface area contributed by atoms with Gasteiger partial charge in [-0.1, -0.05) is 24.3 Å². The van der Waals surface area contributed by atoms with Crippen molar-refractivity contribution in [3.8, 4) is 22.5 Å². The van der Waals surface area contributed by atoms with Gasteiger partial charge in [0.2, 0.25) is 0 Å². The van der Waals surface area contributed by atoms with Crippen LogP contribution in [-0.2, 0) is 0 Å². The first-order valence-electron chi connectivity index (χ1n) is 10.3. The molecule has 1 fully saturated rings. The molecule has 3 heterocycles. The van der Waals surface area contributed by atoms with Gasteiger partial charge in [-0.2, -0.15) is 0 Å². The van der Waals surface area contributed by atoms with Gasteiger partial charge in [-0.15, -0.1) is 0 Å². The Morgan fingerprint density at radius 1 is 1.03 bits per heavy atom. The van der Waals surface area contributed by atoms with Gasteiger partial charge in [0.05, 0.1) is 0 Å². The van der Waals surface area contributed by atoms with Crippen molar-refractivity contribution in [3.05, 3.63) is 71.9 Å². The number of carbonyl (C=O) groups is 1. The van der Waals surface area contributed by atoms with Crippen molar-refractivity contribution in [1.29, 1.82) is 0 Å². The second-order valence-electron chi connectivity index (χ2n) is 7.78. The molecule has 0 atom stereocenters. The van der Waals surface area contributed by atoms with Crippen LogP contribution in [0, 0.1) is 6.92 Å². The number of likely N-dealkylation sites (tertiary alicyclic amines) is 1. The molecule has 0 aliphatic carbocycles. The van der Waals surface area contributed by atoms with Crippen LogP contribution in [0.25, 0.3) is 33.6 Å². The van der Waals surface area contributed by atoms with Crippen molar-refractivity contribution in [2.75, 3.05) is 18.8 Å². The van der Waals surface area contributed by atoms with Crippen LogP contribution >= 0.6 is 0 Å². The zero-order valence-corrected chi connectivity index (χ0v) is 16.9. The Bertz CT molecular complexity index is 1240. The van der Waals surface area contributed by atoms with Gasteiger partial charge in [-0.25, -0.2) is 0 Å². The zero-order valence-electron chi connectivity index (χ0n) is 16.9. The number of hydrogen-bond acceptors (Lipinski definition) is 4. The molecule has 5 nitrogen and oxygen atoms in total. The Hall–Kier alpha value is -3.60. The number of benzene rings is 2. The van der Waals surface area contributed by atoms with E-state index in [1.54, 1.807) is 6.20 Å². The second-order valence-corrected chi connectivity index (χ2v) is 7.78. The lowest BCUT2D eigenvalue weighted by Gasteiger charge is -2.15. The number of nitrogens with zero attached hydrogens (tertiary/aromatic N) is 2. The summed E-state index contributed by atoms with van der Waals surface area (Å²) in [4.78, 5) is 19.0. The first-order valence-corrected chi connectivity index (χ1v) is 10.3. The number of furan rings is 1. The number of fused-ring (bicyclic) bond motifs is 1. The third-order valence-electron chi connectivity index (χ3n) is 5.89. The summed E-state index contributed by atoms with van der Waals surface area (Å²) in [6.45, 7) is 3.71. The quantitative estimate of drug-likeness (QED) is 0.477. The first kappa shape index (κ1) is 18.4. The summed E-state index contributed by atoms with van der Waals surface area (Å²) in [5.74, 6) is 0.830. The van der Waals surface area contributed by atoms with Crippen LogP contribution in [0.4, 0.5) is 5.69 Å². The molecule has 5 rings (SSSR count). The molecule has 5 heteroatoms. The Morgan fingerprint density at radius 3 is 2.57 bits per heavy atom. The molecule has 0 unspecified atom stereocenters. The number of hydrogen-bond donors (Lipinski definition) is 1. The molecule has 4 aromatic rings. The summed E-state index contributed by atoms with van der Waals surface area (Å²) in [5, 5.41) is 0. The number of rotatable bonds is 3. The van der Waals surface area contributed by atoms with E-state index >= 15 is 0 Å². The van der Waals surface area contributed by atoms with Crippen molar-refractivity contribution in [2.45, 2.75) is 19.8 Å². The van der Waals surface area contributed by atoms with Gasteiger partial charge in [0.15, 0.2) is 5.58 Å². The number of carbonyl (C=O) groups excluding carboxylic acids is 1. The van der Waals surface area contributed by atoms with Crippen LogP contribution < -0.4 is 5.73 Å². The largest absolute Gasteiger partial charge is 0.454 e. The smallest absolute Gasteiger partial charge is 0.253 e. The number of aromatic nitrogens is 1. The molecular weight excluding hydrogens is 374 g/mol. The van der Waals surface area contributed by atoms with Crippen molar-refractivity contribution >= 4 is 22.7 Å². The fourth-order valence-corrected chi connectivity index (χ4v) is 4.12. The fourth-order valence-electron chi connectivity index (χ4n) is 4.12. The highest BCUT2D eigenvalue weighted by atomic mass is 16.3. The molecule has 0 saturated carbocycles. The fraction of sp³-hybridized carbons (Fsp3) is 0.200. The lowest BCUT2D eigenvalue weighted by Crippen LogP contribution is -2.27.